The molecule has 2 saturated carbocycles. The normalized spacial score (nSPS) is 24.4. The van der Waals surface area contributed by atoms with Crippen LogP contribution in [-0.2, 0) is 4.79 Å². The fourth-order valence-corrected chi connectivity index (χ4v) is 2.69. The summed E-state index contributed by atoms with van der Waals surface area (Å²) in [6.07, 6.45) is 8.59. The lowest BCUT2D eigenvalue weighted by molar-refractivity contribution is -0.117. The largest absolute Gasteiger partial charge is 0.311 e. The van der Waals surface area contributed by atoms with Gasteiger partial charge in [-0.2, -0.15) is 5.10 Å². The van der Waals surface area contributed by atoms with Gasteiger partial charge in [0.25, 0.3) is 0 Å². The summed E-state index contributed by atoms with van der Waals surface area (Å²) in [5, 5.41) is 7.29. The van der Waals surface area contributed by atoms with Crippen LogP contribution < -0.4 is 5.32 Å². The molecular formula is C15H16N4O. The Morgan fingerprint density at radius 1 is 1.30 bits per heavy atom. The maximum atomic E-state index is 12.3. The molecule has 20 heavy (non-hydrogen) atoms. The minimum Gasteiger partial charge on any atom is -0.311 e. The molecule has 2 aromatic rings. The third-order valence-electron chi connectivity index (χ3n) is 4.05. The Bertz CT molecular complexity index is 632. The van der Waals surface area contributed by atoms with Gasteiger partial charge in [-0.05, 0) is 36.8 Å². The molecule has 4 rings (SSSR count). The summed E-state index contributed by atoms with van der Waals surface area (Å²) in [6, 6.07) is 6.32. The molecule has 2 heterocycles. The Labute approximate surface area is 117 Å². The summed E-state index contributed by atoms with van der Waals surface area (Å²) in [7, 11) is 0. The van der Waals surface area contributed by atoms with Crippen LogP contribution in [0.5, 0.6) is 0 Å². The Balaban J connectivity index is 1.43. The van der Waals surface area contributed by atoms with Crippen molar-refractivity contribution in [2.45, 2.75) is 31.2 Å². The highest BCUT2D eigenvalue weighted by atomic mass is 16.2. The van der Waals surface area contributed by atoms with E-state index >= 15 is 0 Å². The van der Waals surface area contributed by atoms with E-state index in [0.717, 1.165) is 30.6 Å². The third-order valence-corrected chi connectivity index (χ3v) is 4.05. The van der Waals surface area contributed by atoms with E-state index in [9.17, 15) is 4.79 Å². The van der Waals surface area contributed by atoms with Crippen molar-refractivity contribution in [2.75, 3.05) is 5.32 Å². The Morgan fingerprint density at radius 3 is 2.95 bits per heavy atom. The third kappa shape index (κ3) is 2.09. The molecule has 0 radical (unpaired) electrons. The number of aromatic nitrogens is 3. The quantitative estimate of drug-likeness (QED) is 0.926. The second-order valence-electron chi connectivity index (χ2n) is 5.62. The van der Waals surface area contributed by atoms with E-state index in [4.69, 9.17) is 0 Å². The second kappa shape index (κ2) is 4.44. The fourth-order valence-electron chi connectivity index (χ4n) is 2.69. The highest BCUT2D eigenvalue weighted by molar-refractivity contribution is 5.94. The maximum Gasteiger partial charge on any atom is 0.229 e. The van der Waals surface area contributed by atoms with E-state index in [0.29, 0.717) is 12.0 Å². The fraction of sp³-hybridized carbons (Fsp3) is 0.400. The number of amides is 1. The van der Waals surface area contributed by atoms with E-state index in [1.165, 1.54) is 0 Å². The number of nitrogens with one attached hydrogen (secondary N) is 1. The molecule has 2 atom stereocenters. The van der Waals surface area contributed by atoms with Crippen LogP contribution in [0.15, 0.2) is 36.8 Å². The summed E-state index contributed by atoms with van der Waals surface area (Å²) in [6.45, 7) is 0. The van der Waals surface area contributed by atoms with E-state index in [2.05, 4.69) is 15.4 Å². The molecule has 2 aromatic heterocycles. The Morgan fingerprint density at radius 2 is 2.20 bits per heavy atom. The number of pyridine rings is 1. The predicted molar refractivity (Wildman–Crippen MR) is 74.2 cm³/mol. The number of carbonyl (C=O) groups is 1. The summed E-state index contributed by atoms with van der Waals surface area (Å²) in [5.41, 5.74) is 1.16. The number of nitrogens with zero attached hydrogens (tertiary/aromatic N) is 3. The molecule has 2 aliphatic carbocycles. The van der Waals surface area contributed by atoms with Crippen molar-refractivity contribution in [3.05, 3.63) is 42.4 Å². The summed E-state index contributed by atoms with van der Waals surface area (Å²) in [4.78, 5) is 16.4. The molecular weight excluding hydrogens is 252 g/mol. The lowest BCUT2D eigenvalue weighted by Crippen LogP contribution is -2.17. The zero-order valence-corrected chi connectivity index (χ0v) is 11.1. The average Bonchev–Trinajstić information content (AvgIpc) is 3.39. The number of hydrogen-bond donors (Lipinski definition) is 1. The SMILES string of the molecule is O=C(Nc1ccnn1C1CC1)[C@@H]1C[C@H]1c1cccnc1. The second-order valence-corrected chi connectivity index (χ2v) is 5.62. The van der Waals surface area contributed by atoms with Gasteiger partial charge >= 0.3 is 0 Å². The van der Waals surface area contributed by atoms with Crippen molar-refractivity contribution in [1.82, 2.24) is 14.8 Å². The number of hydrogen-bond acceptors (Lipinski definition) is 3. The topological polar surface area (TPSA) is 59.8 Å². The molecule has 102 valence electrons. The molecule has 5 heteroatoms. The van der Waals surface area contributed by atoms with E-state index < -0.39 is 0 Å². The zero-order valence-electron chi connectivity index (χ0n) is 11.1. The van der Waals surface area contributed by atoms with Gasteiger partial charge in [0.2, 0.25) is 5.91 Å². The minimum absolute atomic E-state index is 0.0711. The van der Waals surface area contributed by atoms with Gasteiger partial charge in [-0.25, -0.2) is 4.68 Å². The lowest BCUT2D eigenvalue weighted by atomic mass is 10.1. The lowest BCUT2D eigenvalue weighted by Gasteiger charge is -2.07. The standard InChI is InChI=1S/C15H16N4O/c20-15(13-8-12(13)10-2-1-6-16-9-10)18-14-5-7-17-19(14)11-3-4-11/h1-2,5-7,9,11-13H,3-4,8H2,(H,18,20)/t12-,13+/m0/s1. The average molecular weight is 268 g/mol. The van der Waals surface area contributed by atoms with Crippen molar-refractivity contribution in [1.29, 1.82) is 0 Å². The minimum atomic E-state index is 0.0711. The number of carbonyl (C=O) groups excluding carboxylic acids is 1. The van der Waals surface area contributed by atoms with Gasteiger partial charge in [0.1, 0.15) is 5.82 Å². The maximum absolute atomic E-state index is 12.3. The Hall–Kier alpha value is -2.17. The van der Waals surface area contributed by atoms with Gasteiger partial charge in [0, 0.05) is 24.4 Å². The van der Waals surface area contributed by atoms with Crippen molar-refractivity contribution < 1.29 is 4.79 Å². The number of anilines is 1. The van der Waals surface area contributed by atoms with Gasteiger partial charge in [0.05, 0.1) is 12.2 Å². The number of rotatable bonds is 4. The molecule has 1 N–H and O–H groups in total. The molecule has 0 aliphatic heterocycles. The molecule has 0 unspecified atom stereocenters. The van der Waals surface area contributed by atoms with Crippen molar-refractivity contribution >= 4 is 11.7 Å². The van der Waals surface area contributed by atoms with Gasteiger partial charge in [-0.3, -0.25) is 9.78 Å². The Kier molecular flexibility index (Phi) is 2.58. The van der Waals surface area contributed by atoms with Crippen LogP contribution in [0.2, 0.25) is 0 Å². The molecule has 0 bridgehead atoms. The molecule has 0 spiro atoms. The van der Waals surface area contributed by atoms with Crippen molar-refractivity contribution in [2.24, 2.45) is 5.92 Å². The molecule has 2 fully saturated rings. The van der Waals surface area contributed by atoms with Crippen LogP contribution >= 0.6 is 0 Å². The zero-order chi connectivity index (χ0) is 13.5. The van der Waals surface area contributed by atoms with Gasteiger partial charge in [-0.15, -0.1) is 0 Å². The van der Waals surface area contributed by atoms with E-state index in [-0.39, 0.29) is 11.8 Å². The van der Waals surface area contributed by atoms with Gasteiger partial charge in [-0.1, -0.05) is 6.07 Å². The first kappa shape index (κ1) is 11.6. The molecule has 5 nitrogen and oxygen atoms in total. The van der Waals surface area contributed by atoms with Gasteiger partial charge < -0.3 is 5.32 Å². The summed E-state index contributed by atoms with van der Waals surface area (Å²) >= 11 is 0. The smallest absolute Gasteiger partial charge is 0.229 e. The highest BCUT2D eigenvalue weighted by Gasteiger charge is 2.44. The van der Waals surface area contributed by atoms with Crippen molar-refractivity contribution in [3.8, 4) is 0 Å². The first-order valence-corrected chi connectivity index (χ1v) is 7.07. The monoisotopic (exact) mass is 268 g/mol. The first-order chi connectivity index (χ1) is 9.83. The van der Waals surface area contributed by atoms with Crippen LogP contribution in [0.3, 0.4) is 0 Å². The molecule has 1 amide bonds. The highest BCUT2D eigenvalue weighted by Crippen LogP contribution is 2.47. The van der Waals surface area contributed by atoms with Crippen LogP contribution in [0, 0.1) is 5.92 Å². The van der Waals surface area contributed by atoms with Crippen molar-refractivity contribution in [3.63, 3.8) is 0 Å². The van der Waals surface area contributed by atoms with E-state index in [1.54, 1.807) is 12.4 Å². The van der Waals surface area contributed by atoms with E-state index in [1.807, 2.05) is 29.1 Å². The summed E-state index contributed by atoms with van der Waals surface area (Å²) < 4.78 is 1.93. The van der Waals surface area contributed by atoms with Crippen LogP contribution in [-0.4, -0.2) is 20.7 Å². The summed E-state index contributed by atoms with van der Waals surface area (Å²) in [5.74, 6) is 1.32. The molecule has 0 aromatic carbocycles. The predicted octanol–water partition coefficient (Wildman–Crippen LogP) is 2.36. The van der Waals surface area contributed by atoms with Crippen LogP contribution in [0.1, 0.15) is 36.8 Å². The van der Waals surface area contributed by atoms with Crippen LogP contribution in [0.25, 0.3) is 0 Å². The van der Waals surface area contributed by atoms with Crippen LogP contribution in [0.4, 0.5) is 5.82 Å². The molecule has 2 aliphatic rings. The van der Waals surface area contributed by atoms with Gasteiger partial charge in [0.15, 0.2) is 0 Å². The first-order valence-electron chi connectivity index (χ1n) is 7.07. The molecule has 0 saturated heterocycles.